The molecule has 3 N–H and O–H groups in total. The monoisotopic (exact) mass is 297 g/mol. The number of rotatable bonds is 2. The Morgan fingerprint density at radius 1 is 1.30 bits per heavy atom. The molecule has 2 amide bonds. The molecular formula is C14H20ClN3O2. The second kappa shape index (κ2) is 6.72. The van der Waals surface area contributed by atoms with E-state index in [-0.39, 0.29) is 30.4 Å². The Balaban J connectivity index is 0.00000200. The van der Waals surface area contributed by atoms with E-state index in [4.69, 9.17) is 5.73 Å². The van der Waals surface area contributed by atoms with Crippen molar-refractivity contribution in [3.63, 3.8) is 0 Å². The van der Waals surface area contributed by atoms with Gasteiger partial charge in [-0.1, -0.05) is 6.07 Å². The second-order valence-corrected chi connectivity index (χ2v) is 5.06. The summed E-state index contributed by atoms with van der Waals surface area (Å²) in [7, 11) is 0. The molecule has 20 heavy (non-hydrogen) atoms. The lowest BCUT2D eigenvalue weighted by atomic mass is 10.1. The molecule has 0 radical (unpaired) electrons. The summed E-state index contributed by atoms with van der Waals surface area (Å²) < 4.78 is 0. The van der Waals surface area contributed by atoms with Crippen LogP contribution >= 0.6 is 12.4 Å². The predicted molar refractivity (Wildman–Crippen MR) is 80.2 cm³/mol. The zero-order chi connectivity index (χ0) is 14.0. The summed E-state index contributed by atoms with van der Waals surface area (Å²) in [5, 5.41) is 3.33. The fourth-order valence-corrected chi connectivity index (χ4v) is 2.28. The summed E-state index contributed by atoms with van der Waals surface area (Å²) in [6.07, 6.45) is 0. The van der Waals surface area contributed by atoms with Crippen LogP contribution in [0.25, 0.3) is 0 Å². The number of nitrogens with zero attached hydrogens (tertiary/aromatic N) is 1. The van der Waals surface area contributed by atoms with Gasteiger partial charge in [0.1, 0.15) is 0 Å². The zero-order valence-corrected chi connectivity index (χ0v) is 12.4. The minimum Gasteiger partial charge on any atom is -0.366 e. The van der Waals surface area contributed by atoms with Crippen LogP contribution in [0.15, 0.2) is 24.3 Å². The molecule has 1 saturated heterocycles. The Bertz CT molecular complexity index is 507. The van der Waals surface area contributed by atoms with Crippen LogP contribution in [0.3, 0.4) is 0 Å². The van der Waals surface area contributed by atoms with Gasteiger partial charge in [-0.3, -0.25) is 9.59 Å². The van der Waals surface area contributed by atoms with Crippen molar-refractivity contribution in [2.24, 2.45) is 5.73 Å². The van der Waals surface area contributed by atoms with Gasteiger partial charge in [-0.15, -0.1) is 12.4 Å². The van der Waals surface area contributed by atoms with Crippen molar-refractivity contribution in [1.29, 1.82) is 0 Å². The molecule has 2 atom stereocenters. The Morgan fingerprint density at radius 2 is 1.95 bits per heavy atom. The van der Waals surface area contributed by atoms with Gasteiger partial charge in [0.05, 0.1) is 0 Å². The number of hydrogen-bond acceptors (Lipinski definition) is 3. The molecule has 6 heteroatoms. The van der Waals surface area contributed by atoms with Gasteiger partial charge >= 0.3 is 0 Å². The Morgan fingerprint density at radius 3 is 2.60 bits per heavy atom. The van der Waals surface area contributed by atoms with Gasteiger partial charge in [0.15, 0.2) is 0 Å². The average Bonchev–Trinajstić information content (AvgIpc) is 2.41. The highest BCUT2D eigenvalue weighted by Crippen LogP contribution is 2.13. The number of carbonyl (C=O) groups excluding carboxylic acids is 2. The van der Waals surface area contributed by atoms with E-state index < -0.39 is 5.91 Å². The van der Waals surface area contributed by atoms with Crippen LogP contribution in [0, 0.1) is 0 Å². The lowest BCUT2D eigenvalue weighted by molar-refractivity contribution is 0.0616. The van der Waals surface area contributed by atoms with Crippen molar-refractivity contribution in [2.45, 2.75) is 25.9 Å². The summed E-state index contributed by atoms with van der Waals surface area (Å²) in [4.78, 5) is 25.5. The van der Waals surface area contributed by atoms with Gasteiger partial charge in [0.25, 0.3) is 5.91 Å². The SMILES string of the molecule is CC1CN(C(=O)c2cccc(C(N)=O)c2)C(C)CN1.Cl. The minimum absolute atomic E-state index is 0. The highest BCUT2D eigenvalue weighted by Gasteiger charge is 2.27. The lowest BCUT2D eigenvalue weighted by Crippen LogP contribution is -2.56. The maximum Gasteiger partial charge on any atom is 0.254 e. The number of halogens is 1. The van der Waals surface area contributed by atoms with Crippen molar-refractivity contribution in [1.82, 2.24) is 10.2 Å². The van der Waals surface area contributed by atoms with Crippen molar-refractivity contribution in [2.75, 3.05) is 13.1 Å². The van der Waals surface area contributed by atoms with Crippen LogP contribution in [0.2, 0.25) is 0 Å². The smallest absolute Gasteiger partial charge is 0.254 e. The van der Waals surface area contributed by atoms with Crippen molar-refractivity contribution < 1.29 is 9.59 Å². The van der Waals surface area contributed by atoms with Crippen LogP contribution in [0.4, 0.5) is 0 Å². The van der Waals surface area contributed by atoms with E-state index in [0.29, 0.717) is 17.7 Å². The molecule has 2 rings (SSSR count). The largest absolute Gasteiger partial charge is 0.366 e. The molecule has 1 heterocycles. The van der Waals surface area contributed by atoms with Crippen LogP contribution in [-0.4, -0.2) is 41.9 Å². The molecule has 1 aromatic carbocycles. The zero-order valence-electron chi connectivity index (χ0n) is 11.6. The molecule has 5 nitrogen and oxygen atoms in total. The molecule has 0 aliphatic carbocycles. The van der Waals surface area contributed by atoms with E-state index in [1.807, 2.05) is 18.7 Å². The fraction of sp³-hybridized carbons (Fsp3) is 0.429. The van der Waals surface area contributed by atoms with Crippen LogP contribution in [0.1, 0.15) is 34.6 Å². The van der Waals surface area contributed by atoms with Crippen molar-refractivity contribution in [3.05, 3.63) is 35.4 Å². The molecule has 0 saturated carbocycles. The number of nitrogens with two attached hydrogens (primary N) is 1. The lowest BCUT2D eigenvalue weighted by Gasteiger charge is -2.37. The first kappa shape index (κ1) is 16.5. The van der Waals surface area contributed by atoms with Gasteiger partial charge in [-0.25, -0.2) is 0 Å². The van der Waals surface area contributed by atoms with Crippen molar-refractivity contribution >= 4 is 24.2 Å². The number of piperazine rings is 1. The minimum atomic E-state index is -0.517. The first-order valence-electron chi connectivity index (χ1n) is 6.43. The molecule has 0 bridgehead atoms. The van der Waals surface area contributed by atoms with E-state index in [9.17, 15) is 9.59 Å². The third-order valence-electron chi connectivity index (χ3n) is 3.42. The topological polar surface area (TPSA) is 75.4 Å². The molecule has 2 unspecified atom stereocenters. The summed E-state index contributed by atoms with van der Waals surface area (Å²) >= 11 is 0. The quantitative estimate of drug-likeness (QED) is 0.856. The second-order valence-electron chi connectivity index (χ2n) is 5.06. The van der Waals surface area contributed by atoms with E-state index in [1.54, 1.807) is 24.3 Å². The molecule has 0 spiro atoms. The summed E-state index contributed by atoms with van der Waals surface area (Å²) in [6.45, 7) is 5.50. The summed E-state index contributed by atoms with van der Waals surface area (Å²) in [5.41, 5.74) is 6.11. The number of carbonyl (C=O) groups is 2. The van der Waals surface area contributed by atoms with Gasteiger partial charge in [0, 0.05) is 36.3 Å². The molecule has 1 aliphatic heterocycles. The van der Waals surface area contributed by atoms with E-state index >= 15 is 0 Å². The molecule has 0 aromatic heterocycles. The number of amides is 2. The van der Waals surface area contributed by atoms with E-state index in [2.05, 4.69) is 5.32 Å². The summed E-state index contributed by atoms with van der Waals surface area (Å²) in [5.74, 6) is -0.569. The molecular weight excluding hydrogens is 278 g/mol. The predicted octanol–water partition coefficient (Wildman–Crippen LogP) is 1.03. The maximum atomic E-state index is 12.5. The number of hydrogen-bond donors (Lipinski definition) is 2. The number of primary amides is 1. The van der Waals surface area contributed by atoms with E-state index in [0.717, 1.165) is 6.54 Å². The highest BCUT2D eigenvalue weighted by atomic mass is 35.5. The maximum absolute atomic E-state index is 12.5. The van der Waals surface area contributed by atoms with Crippen LogP contribution < -0.4 is 11.1 Å². The van der Waals surface area contributed by atoms with Gasteiger partial charge in [-0.05, 0) is 32.0 Å². The number of benzene rings is 1. The Kier molecular flexibility index (Phi) is 5.53. The third-order valence-corrected chi connectivity index (χ3v) is 3.42. The Labute approximate surface area is 124 Å². The fourth-order valence-electron chi connectivity index (χ4n) is 2.28. The van der Waals surface area contributed by atoms with E-state index in [1.165, 1.54) is 0 Å². The summed E-state index contributed by atoms with van der Waals surface area (Å²) in [6, 6.07) is 6.99. The van der Waals surface area contributed by atoms with Gasteiger partial charge < -0.3 is 16.0 Å². The highest BCUT2D eigenvalue weighted by molar-refractivity contribution is 5.99. The Hall–Kier alpha value is -1.59. The van der Waals surface area contributed by atoms with Gasteiger partial charge in [-0.2, -0.15) is 0 Å². The first-order valence-corrected chi connectivity index (χ1v) is 6.43. The number of nitrogens with one attached hydrogen (secondary N) is 1. The van der Waals surface area contributed by atoms with Crippen molar-refractivity contribution in [3.8, 4) is 0 Å². The first-order chi connectivity index (χ1) is 8.99. The van der Waals surface area contributed by atoms with Gasteiger partial charge in [0.2, 0.25) is 5.91 Å². The standard InChI is InChI=1S/C14H19N3O2.ClH/c1-9-8-17(10(2)7-16-9)14(19)12-5-3-4-11(6-12)13(15)18;/h3-6,9-10,16H,7-8H2,1-2H3,(H2,15,18);1H. The molecule has 110 valence electrons. The van der Waals surface area contributed by atoms with Crippen LogP contribution in [-0.2, 0) is 0 Å². The third kappa shape index (κ3) is 3.49. The average molecular weight is 298 g/mol. The molecule has 1 aliphatic rings. The normalized spacial score (nSPS) is 22.0. The molecule has 1 aromatic rings. The van der Waals surface area contributed by atoms with Crippen LogP contribution in [0.5, 0.6) is 0 Å². The molecule has 1 fully saturated rings.